The number of hydrogen-bond acceptors (Lipinski definition) is 7. The van der Waals surface area contributed by atoms with E-state index < -0.39 is 5.82 Å². The maximum atomic E-state index is 13.6. The number of nitrogens with one attached hydrogen (secondary N) is 2. The fraction of sp³-hybridized carbons (Fsp3) is 0.480. The Hall–Kier alpha value is -3.14. The standard InChI is InChI=1S/C25H31FN6O2S/c1-14-6-19-22(35-14)21(31-24(30-19)29-15(2)17-7-18(26)11-27-10-17)23(34)32-12-16(13-32)9-28-20(33)8-25(3,4)5/h6-7,10-11,15-16H,8-9,12-13H2,1-5H3,(H,28,33)(H,29,30,31). The molecule has 1 atom stereocenters. The summed E-state index contributed by atoms with van der Waals surface area (Å²) in [6.45, 7) is 11.6. The maximum absolute atomic E-state index is 13.6. The highest BCUT2D eigenvalue weighted by molar-refractivity contribution is 7.19. The van der Waals surface area contributed by atoms with Crippen LogP contribution in [0, 0.1) is 24.1 Å². The molecule has 1 unspecified atom stereocenters. The molecule has 35 heavy (non-hydrogen) atoms. The summed E-state index contributed by atoms with van der Waals surface area (Å²) >= 11 is 1.49. The molecule has 0 aliphatic carbocycles. The number of halogens is 1. The van der Waals surface area contributed by atoms with Crippen molar-refractivity contribution >= 4 is 39.3 Å². The molecule has 2 amide bonds. The van der Waals surface area contributed by atoms with Gasteiger partial charge in [-0.2, -0.15) is 0 Å². The van der Waals surface area contributed by atoms with Gasteiger partial charge in [0.2, 0.25) is 11.9 Å². The predicted octanol–water partition coefficient (Wildman–Crippen LogP) is 4.33. The second-order valence-corrected chi connectivity index (χ2v) is 11.6. The van der Waals surface area contributed by atoms with E-state index in [9.17, 15) is 14.0 Å². The SMILES string of the molecule is Cc1cc2nc(NC(C)c3cncc(F)c3)nc(C(=O)N3CC(CNC(=O)CC(C)(C)C)C3)c2s1. The van der Waals surface area contributed by atoms with Gasteiger partial charge in [0.15, 0.2) is 5.69 Å². The number of hydrogen-bond donors (Lipinski definition) is 2. The third kappa shape index (κ3) is 6.11. The van der Waals surface area contributed by atoms with Crippen molar-refractivity contribution < 1.29 is 14.0 Å². The van der Waals surface area contributed by atoms with Crippen molar-refractivity contribution in [2.75, 3.05) is 25.0 Å². The molecular formula is C25H31FN6O2S. The zero-order valence-electron chi connectivity index (χ0n) is 20.7. The molecule has 2 N–H and O–H groups in total. The molecule has 4 rings (SSSR count). The quantitative estimate of drug-likeness (QED) is 0.503. The lowest BCUT2D eigenvalue weighted by atomic mass is 9.91. The van der Waals surface area contributed by atoms with Crippen LogP contribution >= 0.6 is 11.3 Å². The Balaban J connectivity index is 1.45. The van der Waals surface area contributed by atoms with Crippen LogP contribution in [0.25, 0.3) is 10.2 Å². The van der Waals surface area contributed by atoms with Crippen molar-refractivity contribution in [2.45, 2.75) is 47.1 Å². The van der Waals surface area contributed by atoms with Crippen LogP contribution < -0.4 is 10.6 Å². The Morgan fingerprint density at radius 2 is 1.97 bits per heavy atom. The first-order valence-corrected chi connectivity index (χ1v) is 12.5. The number of fused-ring (bicyclic) bond motifs is 1. The van der Waals surface area contributed by atoms with E-state index in [0.29, 0.717) is 48.8 Å². The molecule has 10 heteroatoms. The summed E-state index contributed by atoms with van der Waals surface area (Å²) in [5.74, 6) is -0.00380. The molecule has 4 heterocycles. The summed E-state index contributed by atoms with van der Waals surface area (Å²) in [4.78, 5) is 41.3. The average Bonchev–Trinajstić information content (AvgIpc) is 3.10. The number of aryl methyl sites for hydroxylation is 1. The van der Waals surface area contributed by atoms with E-state index in [1.165, 1.54) is 17.4 Å². The topological polar surface area (TPSA) is 100 Å². The molecule has 3 aromatic heterocycles. The minimum Gasteiger partial charge on any atom is -0.356 e. The number of aromatic nitrogens is 3. The summed E-state index contributed by atoms with van der Waals surface area (Å²) in [6.07, 6.45) is 3.21. The Morgan fingerprint density at radius 3 is 2.66 bits per heavy atom. The number of carbonyl (C=O) groups excluding carboxylic acids is 2. The van der Waals surface area contributed by atoms with Gasteiger partial charge in [0.1, 0.15) is 5.82 Å². The van der Waals surface area contributed by atoms with Gasteiger partial charge in [-0.25, -0.2) is 14.4 Å². The summed E-state index contributed by atoms with van der Waals surface area (Å²) in [7, 11) is 0. The van der Waals surface area contributed by atoms with Crippen LogP contribution in [0.2, 0.25) is 0 Å². The molecule has 0 bridgehead atoms. The minimum atomic E-state index is -0.418. The first kappa shape index (κ1) is 25.0. The Morgan fingerprint density at radius 1 is 1.23 bits per heavy atom. The Kier molecular flexibility index (Phi) is 7.02. The molecule has 0 saturated carbocycles. The highest BCUT2D eigenvalue weighted by Gasteiger charge is 2.33. The molecule has 1 aliphatic heterocycles. The summed E-state index contributed by atoms with van der Waals surface area (Å²) in [5, 5.41) is 6.16. The van der Waals surface area contributed by atoms with E-state index in [0.717, 1.165) is 15.8 Å². The van der Waals surface area contributed by atoms with Crippen LogP contribution in [0.4, 0.5) is 10.3 Å². The maximum Gasteiger partial charge on any atom is 0.274 e. The number of pyridine rings is 1. The highest BCUT2D eigenvalue weighted by Crippen LogP contribution is 2.30. The third-order valence-electron chi connectivity index (χ3n) is 5.79. The lowest BCUT2D eigenvalue weighted by Crippen LogP contribution is -2.54. The van der Waals surface area contributed by atoms with Gasteiger partial charge < -0.3 is 15.5 Å². The zero-order valence-corrected chi connectivity index (χ0v) is 21.5. The second kappa shape index (κ2) is 9.85. The molecule has 1 aliphatic rings. The van der Waals surface area contributed by atoms with Gasteiger partial charge in [0, 0.05) is 43.0 Å². The van der Waals surface area contributed by atoms with E-state index >= 15 is 0 Å². The molecule has 8 nitrogen and oxygen atoms in total. The summed E-state index contributed by atoms with van der Waals surface area (Å²) < 4.78 is 14.3. The Labute approximate surface area is 208 Å². The average molecular weight is 499 g/mol. The van der Waals surface area contributed by atoms with Gasteiger partial charge in [0.05, 0.1) is 22.5 Å². The number of anilines is 1. The molecular weight excluding hydrogens is 467 g/mol. The van der Waals surface area contributed by atoms with Crippen molar-refractivity contribution in [1.29, 1.82) is 0 Å². The first-order valence-electron chi connectivity index (χ1n) is 11.7. The number of thiophene rings is 1. The van der Waals surface area contributed by atoms with E-state index in [1.807, 2.05) is 40.7 Å². The minimum absolute atomic E-state index is 0.0344. The highest BCUT2D eigenvalue weighted by atomic mass is 32.1. The van der Waals surface area contributed by atoms with E-state index in [1.54, 1.807) is 11.1 Å². The molecule has 0 spiro atoms. The van der Waals surface area contributed by atoms with Crippen molar-refractivity contribution in [2.24, 2.45) is 11.3 Å². The third-order valence-corrected chi connectivity index (χ3v) is 6.84. The van der Waals surface area contributed by atoms with Crippen LogP contribution in [0.1, 0.15) is 61.1 Å². The van der Waals surface area contributed by atoms with E-state index in [2.05, 4.69) is 25.6 Å². The normalized spacial score (nSPS) is 15.1. The molecule has 186 valence electrons. The monoisotopic (exact) mass is 498 g/mol. The number of rotatable bonds is 7. The number of amides is 2. The molecule has 0 radical (unpaired) electrons. The molecule has 1 saturated heterocycles. The van der Waals surface area contributed by atoms with Crippen LogP contribution in [0.3, 0.4) is 0 Å². The Bertz CT molecular complexity index is 1250. The van der Waals surface area contributed by atoms with Gasteiger partial charge in [0.25, 0.3) is 5.91 Å². The van der Waals surface area contributed by atoms with Crippen molar-refractivity contribution in [3.8, 4) is 0 Å². The fourth-order valence-electron chi connectivity index (χ4n) is 4.02. The molecule has 3 aromatic rings. The molecule has 1 fully saturated rings. The first-order chi connectivity index (χ1) is 16.5. The van der Waals surface area contributed by atoms with Crippen molar-refractivity contribution in [1.82, 2.24) is 25.2 Å². The lowest BCUT2D eigenvalue weighted by molar-refractivity contribution is -0.123. The summed E-state index contributed by atoms with van der Waals surface area (Å²) in [5.41, 5.74) is 1.65. The fourth-order valence-corrected chi connectivity index (χ4v) is 4.95. The lowest BCUT2D eigenvalue weighted by Gasteiger charge is -2.39. The van der Waals surface area contributed by atoms with Gasteiger partial charge in [-0.05, 0) is 37.0 Å². The number of nitrogens with zero attached hydrogens (tertiary/aromatic N) is 4. The number of likely N-dealkylation sites (tertiary alicyclic amines) is 1. The van der Waals surface area contributed by atoms with E-state index in [-0.39, 0.29) is 29.2 Å². The van der Waals surface area contributed by atoms with Crippen molar-refractivity contribution in [3.05, 3.63) is 46.5 Å². The van der Waals surface area contributed by atoms with Gasteiger partial charge in [-0.15, -0.1) is 11.3 Å². The largest absolute Gasteiger partial charge is 0.356 e. The number of carbonyl (C=O) groups is 2. The zero-order chi connectivity index (χ0) is 25.3. The van der Waals surface area contributed by atoms with E-state index in [4.69, 9.17) is 0 Å². The molecule has 0 aromatic carbocycles. The van der Waals surface area contributed by atoms with Crippen LogP contribution in [-0.2, 0) is 4.79 Å². The van der Waals surface area contributed by atoms with Crippen LogP contribution in [0.5, 0.6) is 0 Å². The van der Waals surface area contributed by atoms with Crippen molar-refractivity contribution in [3.63, 3.8) is 0 Å². The van der Waals surface area contributed by atoms with Gasteiger partial charge in [-0.3, -0.25) is 14.6 Å². The van der Waals surface area contributed by atoms with Crippen LogP contribution in [-0.4, -0.2) is 51.3 Å². The smallest absolute Gasteiger partial charge is 0.274 e. The van der Waals surface area contributed by atoms with Crippen LogP contribution in [0.15, 0.2) is 24.5 Å². The summed E-state index contributed by atoms with van der Waals surface area (Å²) in [6, 6.07) is 3.04. The predicted molar refractivity (Wildman–Crippen MR) is 135 cm³/mol. The second-order valence-electron chi connectivity index (χ2n) is 10.4. The van der Waals surface area contributed by atoms with Gasteiger partial charge >= 0.3 is 0 Å². The van der Waals surface area contributed by atoms with Gasteiger partial charge in [-0.1, -0.05) is 20.8 Å².